The molecule has 0 aliphatic heterocycles. The van der Waals surface area contributed by atoms with Crippen molar-refractivity contribution < 1.29 is 5.11 Å². The van der Waals surface area contributed by atoms with E-state index in [4.69, 9.17) is 10.4 Å². The van der Waals surface area contributed by atoms with Gasteiger partial charge in [-0.2, -0.15) is 5.26 Å². The molecule has 1 aromatic carbocycles. The maximum Gasteiger partial charge on any atom is 0.0991 e. The summed E-state index contributed by atoms with van der Waals surface area (Å²) in [7, 11) is 0. The zero-order chi connectivity index (χ0) is 9.68. The molecule has 0 saturated carbocycles. The van der Waals surface area contributed by atoms with Crippen molar-refractivity contribution in [1.82, 2.24) is 0 Å². The van der Waals surface area contributed by atoms with Gasteiger partial charge in [0.05, 0.1) is 18.2 Å². The maximum atomic E-state index is 8.62. The van der Waals surface area contributed by atoms with Crippen LogP contribution in [0.25, 0.3) is 6.08 Å². The maximum absolute atomic E-state index is 8.62. The first-order valence-electron chi connectivity index (χ1n) is 4.06. The van der Waals surface area contributed by atoms with Crippen LogP contribution in [0.4, 0.5) is 0 Å². The highest BCUT2D eigenvalue weighted by molar-refractivity contribution is 5.55. The van der Waals surface area contributed by atoms with E-state index in [1.807, 2.05) is 25.1 Å². The molecule has 0 saturated heterocycles. The van der Waals surface area contributed by atoms with Crippen molar-refractivity contribution in [2.45, 2.75) is 6.92 Å². The van der Waals surface area contributed by atoms with Gasteiger partial charge in [0, 0.05) is 0 Å². The molecule has 0 spiro atoms. The molecule has 0 amide bonds. The summed E-state index contributed by atoms with van der Waals surface area (Å²) in [5.74, 6) is 0. The van der Waals surface area contributed by atoms with Crippen LogP contribution in [0, 0.1) is 18.3 Å². The quantitative estimate of drug-likeness (QED) is 0.742. The lowest BCUT2D eigenvalue weighted by Crippen LogP contribution is -1.83. The minimum atomic E-state index is 0.0411. The van der Waals surface area contributed by atoms with E-state index in [1.54, 1.807) is 12.1 Å². The number of aliphatic hydroxyl groups excluding tert-OH is 1. The van der Waals surface area contributed by atoms with Crippen molar-refractivity contribution >= 4 is 6.08 Å². The topological polar surface area (TPSA) is 44.0 Å². The van der Waals surface area contributed by atoms with E-state index in [0.717, 1.165) is 11.1 Å². The first-order chi connectivity index (χ1) is 6.27. The van der Waals surface area contributed by atoms with Crippen LogP contribution in [0.5, 0.6) is 0 Å². The van der Waals surface area contributed by atoms with Crippen molar-refractivity contribution in [2.75, 3.05) is 6.61 Å². The third-order valence-corrected chi connectivity index (χ3v) is 1.80. The molecule has 1 rings (SSSR count). The van der Waals surface area contributed by atoms with Crippen molar-refractivity contribution in [1.29, 1.82) is 5.26 Å². The SMILES string of the molecule is Cc1cc(C#N)ccc1C=CCO. The van der Waals surface area contributed by atoms with Crippen molar-refractivity contribution in [2.24, 2.45) is 0 Å². The van der Waals surface area contributed by atoms with Crippen LogP contribution < -0.4 is 0 Å². The van der Waals surface area contributed by atoms with Crippen LogP contribution in [0.15, 0.2) is 24.3 Å². The Morgan fingerprint density at radius 2 is 2.31 bits per heavy atom. The minimum Gasteiger partial charge on any atom is -0.392 e. The van der Waals surface area contributed by atoms with Gasteiger partial charge in [0.1, 0.15) is 0 Å². The average Bonchev–Trinajstić information content (AvgIpc) is 2.16. The molecule has 1 aromatic rings. The van der Waals surface area contributed by atoms with Crippen LogP contribution in [-0.4, -0.2) is 11.7 Å². The Morgan fingerprint density at radius 1 is 1.54 bits per heavy atom. The monoisotopic (exact) mass is 173 g/mol. The van der Waals surface area contributed by atoms with Crippen molar-refractivity contribution in [3.05, 3.63) is 41.0 Å². The highest BCUT2D eigenvalue weighted by atomic mass is 16.2. The molecule has 0 unspecified atom stereocenters. The van der Waals surface area contributed by atoms with Gasteiger partial charge in [0.2, 0.25) is 0 Å². The van der Waals surface area contributed by atoms with Gasteiger partial charge in [-0.1, -0.05) is 18.2 Å². The summed E-state index contributed by atoms with van der Waals surface area (Å²) in [4.78, 5) is 0. The average molecular weight is 173 g/mol. The molecule has 2 nitrogen and oxygen atoms in total. The fraction of sp³-hybridized carbons (Fsp3) is 0.182. The summed E-state index contributed by atoms with van der Waals surface area (Å²) < 4.78 is 0. The van der Waals surface area contributed by atoms with Gasteiger partial charge in [-0.25, -0.2) is 0 Å². The molecular weight excluding hydrogens is 162 g/mol. The van der Waals surface area contributed by atoms with Gasteiger partial charge in [-0.3, -0.25) is 0 Å². The molecule has 0 aromatic heterocycles. The zero-order valence-corrected chi connectivity index (χ0v) is 7.49. The number of hydrogen-bond donors (Lipinski definition) is 1. The van der Waals surface area contributed by atoms with Crippen LogP contribution in [0.1, 0.15) is 16.7 Å². The second kappa shape index (κ2) is 4.44. The lowest BCUT2D eigenvalue weighted by molar-refractivity contribution is 0.343. The van der Waals surface area contributed by atoms with E-state index in [9.17, 15) is 0 Å². The predicted octanol–water partition coefficient (Wildman–Crippen LogP) is 1.87. The number of hydrogen-bond acceptors (Lipinski definition) is 2. The highest BCUT2D eigenvalue weighted by Gasteiger charge is 1.95. The van der Waals surface area contributed by atoms with Crippen molar-refractivity contribution in [3.63, 3.8) is 0 Å². The zero-order valence-electron chi connectivity index (χ0n) is 7.49. The van der Waals surface area contributed by atoms with E-state index in [-0.39, 0.29) is 6.61 Å². The van der Waals surface area contributed by atoms with E-state index < -0.39 is 0 Å². The van der Waals surface area contributed by atoms with Gasteiger partial charge in [-0.15, -0.1) is 0 Å². The summed E-state index contributed by atoms with van der Waals surface area (Å²) in [5.41, 5.74) is 2.75. The standard InChI is InChI=1S/C11H11NO/c1-9-7-10(8-12)4-5-11(9)3-2-6-13/h2-5,7,13H,6H2,1H3. The molecule has 2 heteroatoms. The predicted molar refractivity (Wildman–Crippen MR) is 52.0 cm³/mol. The Hall–Kier alpha value is -1.59. The van der Waals surface area contributed by atoms with Crippen LogP contribution in [0.3, 0.4) is 0 Å². The van der Waals surface area contributed by atoms with Gasteiger partial charge < -0.3 is 5.11 Å². The Labute approximate surface area is 77.8 Å². The molecule has 66 valence electrons. The Bertz CT molecular complexity index is 361. The van der Waals surface area contributed by atoms with Gasteiger partial charge in [0.25, 0.3) is 0 Å². The Balaban J connectivity index is 3.00. The van der Waals surface area contributed by atoms with Crippen molar-refractivity contribution in [3.8, 4) is 6.07 Å². The van der Waals surface area contributed by atoms with Crippen LogP contribution >= 0.6 is 0 Å². The molecule has 0 atom stereocenters. The number of aliphatic hydroxyl groups is 1. The molecule has 0 aliphatic carbocycles. The number of rotatable bonds is 2. The lowest BCUT2D eigenvalue weighted by Gasteiger charge is -1.99. The lowest BCUT2D eigenvalue weighted by atomic mass is 10.1. The number of benzene rings is 1. The molecule has 0 heterocycles. The molecule has 1 N–H and O–H groups in total. The Kier molecular flexibility index (Phi) is 3.24. The van der Waals surface area contributed by atoms with Gasteiger partial charge in [0.15, 0.2) is 0 Å². The molecule has 13 heavy (non-hydrogen) atoms. The fourth-order valence-corrected chi connectivity index (χ4v) is 1.11. The molecule has 0 fully saturated rings. The summed E-state index contributed by atoms with van der Waals surface area (Å²) in [5, 5.41) is 17.2. The third-order valence-electron chi connectivity index (χ3n) is 1.80. The summed E-state index contributed by atoms with van der Waals surface area (Å²) in [6.45, 7) is 1.98. The number of nitrogens with zero attached hydrogens (tertiary/aromatic N) is 1. The normalized spacial score (nSPS) is 10.2. The number of nitriles is 1. The first kappa shape index (κ1) is 9.50. The van der Waals surface area contributed by atoms with Crippen LogP contribution in [-0.2, 0) is 0 Å². The minimum absolute atomic E-state index is 0.0411. The molecule has 0 bridgehead atoms. The van der Waals surface area contributed by atoms with Gasteiger partial charge >= 0.3 is 0 Å². The van der Waals surface area contributed by atoms with E-state index >= 15 is 0 Å². The highest BCUT2D eigenvalue weighted by Crippen LogP contribution is 2.11. The smallest absolute Gasteiger partial charge is 0.0991 e. The number of aryl methyl sites for hydroxylation is 1. The summed E-state index contributed by atoms with van der Waals surface area (Å²) >= 11 is 0. The second-order valence-electron chi connectivity index (χ2n) is 2.77. The first-order valence-corrected chi connectivity index (χ1v) is 4.06. The summed E-state index contributed by atoms with van der Waals surface area (Å²) in [6, 6.07) is 7.55. The third kappa shape index (κ3) is 2.43. The fourth-order valence-electron chi connectivity index (χ4n) is 1.11. The van der Waals surface area contributed by atoms with E-state index in [1.165, 1.54) is 0 Å². The van der Waals surface area contributed by atoms with Gasteiger partial charge in [-0.05, 0) is 30.2 Å². The van der Waals surface area contributed by atoms with E-state index in [2.05, 4.69) is 6.07 Å². The largest absolute Gasteiger partial charge is 0.392 e. The Morgan fingerprint density at radius 3 is 2.85 bits per heavy atom. The van der Waals surface area contributed by atoms with Crippen LogP contribution in [0.2, 0.25) is 0 Å². The summed E-state index contributed by atoms with van der Waals surface area (Å²) in [6.07, 6.45) is 3.52. The molecular formula is C11H11NO. The van der Waals surface area contributed by atoms with E-state index in [0.29, 0.717) is 5.56 Å². The molecule has 0 aliphatic rings. The second-order valence-corrected chi connectivity index (χ2v) is 2.77. The molecule has 0 radical (unpaired) electrons.